The summed E-state index contributed by atoms with van der Waals surface area (Å²) in [5.41, 5.74) is 1.38. The lowest BCUT2D eigenvalue weighted by Crippen LogP contribution is -2.17. The minimum atomic E-state index is -0.300. The lowest BCUT2D eigenvalue weighted by atomic mass is 9.82. The number of esters is 1. The van der Waals surface area contributed by atoms with Crippen molar-refractivity contribution >= 4 is 5.97 Å². The zero-order valence-electron chi connectivity index (χ0n) is 17.3. The Morgan fingerprint density at radius 3 is 2.12 bits per heavy atom. The molecule has 0 fully saturated rings. The molecule has 0 saturated carbocycles. The Kier molecular flexibility index (Phi) is 10.3. The highest BCUT2D eigenvalue weighted by Gasteiger charge is 2.17. The number of rotatable bonds is 12. The van der Waals surface area contributed by atoms with Crippen LogP contribution in [0.4, 0.5) is 0 Å². The molecule has 1 aromatic carbocycles. The van der Waals surface area contributed by atoms with E-state index >= 15 is 0 Å². The minimum absolute atomic E-state index is 0.237. The van der Waals surface area contributed by atoms with Crippen LogP contribution in [0.2, 0.25) is 0 Å². The molecule has 26 heavy (non-hydrogen) atoms. The van der Waals surface area contributed by atoms with Gasteiger partial charge in [0.2, 0.25) is 0 Å². The normalized spacial score (nSPS) is 13.7. The average molecular weight is 365 g/mol. The maximum atomic E-state index is 10.7. The molecule has 0 bridgehead atoms. The first-order valence-corrected chi connectivity index (χ1v) is 9.81. The summed E-state index contributed by atoms with van der Waals surface area (Å²) in [5.74, 6) is 2.48. The highest BCUT2D eigenvalue weighted by atomic mass is 16.7. The monoisotopic (exact) mass is 364 g/mol. The molecule has 4 nitrogen and oxygen atoms in total. The van der Waals surface area contributed by atoms with E-state index in [0.717, 1.165) is 18.6 Å². The lowest BCUT2D eigenvalue weighted by Gasteiger charge is -2.24. The lowest BCUT2D eigenvalue weighted by molar-refractivity contribution is -0.141. The van der Waals surface area contributed by atoms with Crippen molar-refractivity contribution in [3.8, 4) is 5.75 Å². The Labute approximate surface area is 159 Å². The van der Waals surface area contributed by atoms with E-state index in [1.54, 1.807) is 0 Å². The van der Waals surface area contributed by atoms with Crippen LogP contribution in [0.3, 0.4) is 0 Å². The maximum absolute atomic E-state index is 10.7. The molecule has 2 atom stereocenters. The Morgan fingerprint density at radius 2 is 1.58 bits per heavy atom. The number of carbonyl (C=O) groups is 1. The highest BCUT2D eigenvalue weighted by Crippen LogP contribution is 2.32. The van der Waals surface area contributed by atoms with Crippen molar-refractivity contribution in [2.45, 2.75) is 73.0 Å². The molecule has 0 aromatic heterocycles. The second kappa shape index (κ2) is 11.9. The smallest absolute Gasteiger partial charge is 0.302 e. The summed E-state index contributed by atoms with van der Waals surface area (Å²) in [4.78, 5) is 10.7. The van der Waals surface area contributed by atoms with Crippen molar-refractivity contribution in [3.63, 3.8) is 0 Å². The van der Waals surface area contributed by atoms with Crippen LogP contribution in [-0.4, -0.2) is 25.5 Å². The number of ether oxygens (including phenoxy) is 3. The fourth-order valence-electron chi connectivity index (χ4n) is 2.99. The minimum Gasteiger partial charge on any atom is -0.466 e. The van der Waals surface area contributed by atoms with Gasteiger partial charge in [0.25, 0.3) is 0 Å². The van der Waals surface area contributed by atoms with E-state index in [1.807, 2.05) is 19.1 Å². The molecule has 0 spiro atoms. The molecule has 2 unspecified atom stereocenters. The van der Waals surface area contributed by atoms with E-state index in [1.165, 1.54) is 18.9 Å². The van der Waals surface area contributed by atoms with Crippen molar-refractivity contribution in [2.24, 2.45) is 11.8 Å². The van der Waals surface area contributed by atoms with Gasteiger partial charge in [-0.25, -0.2) is 0 Å². The van der Waals surface area contributed by atoms with Crippen molar-refractivity contribution in [1.29, 1.82) is 0 Å². The summed E-state index contributed by atoms with van der Waals surface area (Å²) in [6.07, 6.45) is 2.54. The maximum Gasteiger partial charge on any atom is 0.302 e. The topological polar surface area (TPSA) is 44.8 Å². The molecular weight excluding hydrogens is 328 g/mol. The Bertz CT molecular complexity index is 507. The van der Waals surface area contributed by atoms with Gasteiger partial charge in [-0.3, -0.25) is 4.79 Å². The van der Waals surface area contributed by atoms with Gasteiger partial charge in [-0.2, -0.15) is 0 Å². The van der Waals surface area contributed by atoms with Gasteiger partial charge in [0.1, 0.15) is 5.75 Å². The molecule has 0 amide bonds. The first kappa shape index (κ1) is 22.5. The molecule has 0 heterocycles. The molecule has 0 aliphatic heterocycles. The molecule has 0 N–H and O–H groups in total. The Morgan fingerprint density at radius 1 is 0.962 bits per heavy atom. The van der Waals surface area contributed by atoms with E-state index in [9.17, 15) is 4.79 Å². The molecule has 1 aromatic rings. The van der Waals surface area contributed by atoms with Crippen LogP contribution >= 0.6 is 0 Å². The molecule has 0 aliphatic carbocycles. The number of hydrogen-bond donors (Lipinski definition) is 0. The van der Waals surface area contributed by atoms with Gasteiger partial charge in [0.15, 0.2) is 6.29 Å². The molecule has 0 aliphatic rings. The SMILES string of the molecule is CC(=O)OCCCCOC(C)Oc1ccc(C(CC(C)C)C(C)C)cc1. The summed E-state index contributed by atoms with van der Waals surface area (Å²) in [6, 6.07) is 8.42. The third kappa shape index (κ3) is 9.23. The van der Waals surface area contributed by atoms with Crippen molar-refractivity contribution < 1.29 is 19.0 Å². The number of carbonyl (C=O) groups excluding carboxylic acids is 1. The van der Waals surface area contributed by atoms with Crippen LogP contribution < -0.4 is 4.74 Å². The molecule has 0 saturated heterocycles. The van der Waals surface area contributed by atoms with E-state index in [2.05, 4.69) is 39.8 Å². The van der Waals surface area contributed by atoms with Crippen LogP contribution in [0, 0.1) is 11.8 Å². The third-order valence-corrected chi connectivity index (χ3v) is 4.34. The zero-order chi connectivity index (χ0) is 19.5. The van der Waals surface area contributed by atoms with Crippen LogP contribution in [0.5, 0.6) is 5.75 Å². The van der Waals surface area contributed by atoms with E-state index in [-0.39, 0.29) is 12.3 Å². The number of hydrogen-bond acceptors (Lipinski definition) is 4. The summed E-state index contributed by atoms with van der Waals surface area (Å²) in [6.45, 7) is 13.5. The van der Waals surface area contributed by atoms with E-state index in [0.29, 0.717) is 31.0 Å². The third-order valence-electron chi connectivity index (χ3n) is 4.34. The van der Waals surface area contributed by atoms with Gasteiger partial charge < -0.3 is 14.2 Å². The quantitative estimate of drug-likeness (QED) is 0.277. The number of unbranched alkanes of at least 4 members (excludes halogenated alkanes) is 1. The average Bonchev–Trinajstić information content (AvgIpc) is 2.56. The second-order valence-corrected chi connectivity index (χ2v) is 7.65. The molecule has 1 rings (SSSR count). The summed E-state index contributed by atoms with van der Waals surface area (Å²) < 4.78 is 16.4. The summed E-state index contributed by atoms with van der Waals surface area (Å²) >= 11 is 0. The van der Waals surface area contributed by atoms with Crippen LogP contribution in [-0.2, 0) is 14.3 Å². The zero-order valence-corrected chi connectivity index (χ0v) is 17.3. The molecule has 4 heteroatoms. The molecule has 148 valence electrons. The highest BCUT2D eigenvalue weighted by molar-refractivity contribution is 5.65. The van der Waals surface area contributed by atoms with Crippen LogP contribution in [0.25, 0.3) is 0 Å². The van der Waals surface area contributed by atoms with Crippen LogP contribution in [0.1, 0.15) is 72.3 Å². The van der Waals surface area contributed by atoms with Crippen LogP contribution in [0.15, 0.2) is 24.3 Å². The molecular formula is C22H36O4. The molecule has 0 radical (unpaired) electrons. The van der Waals surface area contributed by atoms with E-state index < -0.39 is 0 Å². The van der Waals surface area contributed by atoms with E-state index in [4.69, 9.17) is 14.2 Å². The predicted molar refractivity (Wildman–Crippen MR) is 105 cm³/mol. The first-order chi connectivity index (χ1) is 12.3. The van der Waals surface area contributed by atoms with Crippen molar-refractivity contribution in [2.75, 3.05) is 13.2 Å². The van der Waals surface area contributed by atoms with Crippen molar-refractivity contribution in [1.82, 2.24) is 0 Å². The first-order valence-electron chi connectivity index (χ1n) is 9.81. The Balaban J connectivity index is 2.39. The fraction of sp³-hybridized carbons (Fsp3) is 0.682. The Hall–Kier alpha value is -1.55. The van der Waals surface area contributed by atoms with Gasteiger partial charge in [-0.05, 0) is 61.6 Å². The van der Waals surface area contributed by atoms with Gasteiger partial charge in [0, 0.05) is 6.92 Å². The summed E-state index contributed by atoms with van der Waals surface area (Å²) in [7, 11) is 0. The van der Waals surface area contributed by atoms with Gasteiger partial charge in [0.05, 0.1) is 13.2 Å². The summed E-state index contributed by atoms with van der Waals surface area (Å²) in [5, 5.41) is 0. The van der Waals surface area contributed by atoms with Crippen molar-refractivity contribution in [3.05, 3.63) is 29.8 Å². The second-order valence-electron chi connectivity index (χ2n) is 7.65. The van der Waals surface area contributed by atoms with Gasteiger partial charge in [-0.1, -0.05) is 39.8 Å². The fourth-order valence-corrected chi connectivity index (χ4v) is 2.99. The van der Waals surface area contributed by atoms with Gasteiger partial charge in [-0.15, -0.1) is 0 Å². The largest absolute Gasteiger partial charge is 0.466 e. The number of benzene rings is 1. The predicted octanol–water partition coefficient (Wildman–Crippen LogP) is 5.56. The standard InChI is InChI=1S/C22H36O4/c1-16(2)15-22(17(3)4)20-9-11-21(12-10-20)26-19(6)25-14-8-7-13-24-18(5)23/h9-12,16-17,19,22H,7-8,13-15H2,1-6H3. The van der Waals surface area contributed by atoms with Gasteiger partial charge >= 0.3 is 5.97 Å².